The van der Waals surface area contributed by atoms with Crippen LogP contribution >= 0.6 is 27.7 Å². The molecule has 1 amide bonds. The Morgan fingerprint density at radius 2 is 1.79 bits per heavy atom. The first kappa shape index (κ1) is 17.6. The molecule has 1 unspecified atom stereocenters. The van der Waals surface area contributed by atoms with Gasteiger partial charge in [0.1, 0.15) is 0 Å². The van der Waals surface area contributed by atoms with Gasteiger partial charge in [0.15, 0.2) is 5.17 Å². The molecule has 0 aromatic heterocycles. The minimum atomic E-state index is -0.0930. The smallest absolute Gasteiger partial charge is 0.258 e. The zero-order valence-corrected chi connectivity index (χ0v) is 17.3. The molecule has 6 heteroatoms. The Kier molecular flexibility index (Phi) is 4.53. The molecule has 0 radical (unpaired) electrons. The normalized spacial score (nSPS) is 19.2. The molecule has 1 atom stereocenters. The standard InChI is InChI=1S/C22H16BrN3OS/c23-18-9-7-15(8-10-18)19-12-20(26(25-19)22-24-21(27)13-28-22)17-6-5-14-3-1-2-4-16(14)11-17/h1-11,20H,12-13H2. The lowest BCUT2D eigenvalue weighted by Crippen LogP contribution is -2.23. The number of benzene rings is 3. The van der Waals surface area contributed by atoms with Crippen molar-refractivity contribution in [3.05, 3.63) is 82.3 Å². The first-order valence-electron chi connectivity index (χ1n) is 9.03. The molecule has 0 saturated heterocycles. The SMILES string of the molecule is O=C1CSC(N2N=C(c3ccc(Br)cc3)CC2c2ccc3ccccc3c2)=N1. The molecule has 2 heterocycles. The molecule has 2 aliphatic rings. The van der Waals surface area contributed by atoms with Crippen molar-refractivity contribution >= 4 is 55.3 Å². The van der Waals surface area contributed by atoms with Gasteiger partial charge in [-0.1, -0.05) is 76.2 Å². The molecule has 0 saturated carbocycles. The second-order valence-electron chi connectivity index (χ2n) is 6.80. The van der Waals surface area contributed by atoms with Crippen LogP contribution in [0.2, 0.25) is 0 Å². The number of hydrogen-bond acceptors (Lipinski definition) is 4. The number of hydrazone groups is 1. The molecule has 0 fully saturated rings. The van der Waals surface area contributed by atoms with E-state index < -0.39 is 0 Å². The second-order valence-corrected chi connectivity index (χ2v) is 8.66. The van der Waals surface area contributed by atoms with Crippen molar-refractivity contribution in [1.29, 1.82) is 0 Å². The van der Waals surface area contributed by atoms with Gasteiger partial charge in [-0.05, 0) is 40.1 Å². The van der Waals surface area contributed by atoms with Gasteiger partial charge in [0, 0.05) is 10.9 Å². The van der Waals surface area contributed by atoms with E-state index in [0.29, 0.717) is 10.9 Å². The maximum atomic E-state index is 11.7. The van der Waals surface area contributed by atoms with Crippen LogP contribution in [0.15, 0.2) is 81.3 Å². The van der Waals surface area contributed by atoms with Crippen LogP contribution in [-0.4, -0.2) is 27.5 Å². The topological polar surface area (TPSA) is 45.0 Å². The van der Waals surface area contributed by atoms with Crippen LogP contribution in [0.25, 0.3) is 10.8 Å². The zero-order chi connectivity index (χ0) is 19.1. The fourth-order valence-electron chi connectivity index (χ4n) is 3.59. The first-order chi connectivity index (χ1) is 13.7. The van der Waals surface area contributed by atoms with Gasteiger partial charge in [-0.25, -0.2) is 5.01 Å². The minimum Gasteiger partial charge on any atom is -0.272 e. The summed E-state index contributed by atoms with van der Waals surface area (Å²) in [6.45, 7) is 0. The number of rotatable bonds is 2. The Balaban J connectivity index is 1.56. The van der Waals surface area contributed by atoms with Crippen LogP contribution in [0.5, 0.6) is 0 Å². The van der Waals surface area contributed by atoms with E-state index in [1.54, 1.807) is 0 Å². The number of carbonyl (C=O) groups excluding carboxylic acids is 1. The fourth-order valence-corrected chi connectivity index (χ4v) is 4.64. The Morgan fingerprint density at radius 3 is 2.54 bits per heavy atom. The van der Waals surface area contributed by atoms with Crippen LogP contribution in [0, 0.1) is 0 Å². The third kappa shape index (κ3) is 3.27. The molecule has 2 aliphatic heterocycles. The molecule has 3 aromatic rings. The van der Waals surface area contributed by atoms with Gasteiger partial charge in [-0.3, -0.25) is 4.79 Å². The van der Waals surface area contributed by atoms with E-state index in [9.17, 15) is 4.79 Å². The number of hydrogen-bond donors (Lipinski definition) is 0. The number of aliphatic imine (C=N–C) groups is 1. The minimum absolute atomic E-state index is 0.0282. The maximum Gasteiger partial charge on any atom is 0.258 e. The molecule has 4 nitrogen and oxygen atoms in total. The van der Waals surface area contributed by atoms with Crippen molar-refractivity contribution in [2.75, 3.05) is 5.75 Å². The molecule has 5 rings (SSSR count). The molecular weight excluding hydrogens is 434 g/mol. The van der Waals surface area contributed by atoms with E-state index in [2.05, 4.69) is 69.5 Å². The van der Waals surface area contributed by atoms with Crippen LogP contribution in [0.1, 0.15) is 23.6 Å². The number of amides is 1. The summed E-state index contributed by atoms with van der Waals surface area (Å²) in [6.07, 6.45) is 0.772. The highest BCUT2D eigenvalue weighted by molar-refractivity contribution is 9.10. The Hall–Kier alpha value is -2.44. The van der Waals surface area contributed by atoms with Crippen LogP contribution in [0.4, 0.5) is 0 Å². The highest BCUT2D eigenvalue weighted by Gasteiger charge is 2.34. The number of thioether (sulfide) groups is 1. The fraction of sp³-hybridized carbons (Fsp3) is 0.136. The quantitative estimate of drug-likeness (QED) is 0.527. The monoisotopic (exact) mass is 449 g/mol. The lowest BCUT2D eigenvalue weighted by molar-refractivity contribution is -0.115. The number of nitrogens with zero attached hydrogens (tertiary/aromatic N) is 3. The Bertz CT molecular complexity index is 1140. The van der Waals surface area contributed by atoms with Gasteiger partial charge in [0.2, 0.25) is 0 Å². The molecule has 3 aromatic carbocycles. The zero-order valence-electron chi connectivity index (χ0n) is 14.9. The Morgan fingerprint density at radius 1 is 1.00 bits per heavy atom. The average molecular weight is 450 g/mol. The summed E-state index contributed by atoms with van der Waals surface area (Å²) in [7, 11) is 0. The van der Waals surface area contributed by atoms with Crippen molar-refractivity contribution in [2.24, 2.45) is 10.1 Å². The van der Waals surface area contributed by atoms with E-state index in [1.165, 1.54) is 28.1 Å². The Labute approximate surface area is 175 Å². The number of amidine groups is 1. The molecule has 0 bridgehead atoms. The number of fused-ring (bicyclic) bond motifs is 1. The molecular formula is C22H16BrN3OS. The van der Waals surface area contributed by atoms with Crippen molar-refractivity contribution in [2.45, 2.75) is 12.5 Å². The lowest BCUT2D eigenvalue weighted by atomic mass is 9.96. The summed E-state index contributed by atoms with van der Waals surface area (Å²) in [6, 6.07) is 23.1. The summed E-state index contributed by atoms with van der Waals surface area (Å²) in [5.41, 5.74) is 3.27. The molecule has 0 spiro atoms. The first-order valence-corrected chi connectivity index (χ1v) is 10.8. The second kappa shape index (κ2) is 7.18. The van der Waals surface area contributed by atoms with Crippen LogP contribution in [-0.2, 0) is 4.79 Å². The molecule has 0 aliphatic carbocycles. The van der Waals surface area contributed by atoms with Gasteiger partial charge < -0.3 is 0 Å². The van der Waals surface area contributed by atoms with Gasteiger partial charge in [0.05, 0.1) is 17.5 Å². The van der Waals surface area contributed by atoms with Crippen molar-refractivity contribution in [3.63, 3.8) is 0 Å². The van der Waals surface area contributed by atoms with Crippen molar-refractivity contribution in [1.82, 2.24) is 5.01 Å². The number of carbonyl (C=O) groups is 1. The predicted octanol–water partition coefficient (Wildman–Crippen LogP) is 5.38. The molecule has 138 valence electrons. The molecule has 28 heavy (non-hydrogen) atoms. The van der Waals surface area contributed by atoms with E-state index >= 15 is 0 Å². The van der Waals surface area contributed by atoms with E-state index in [1.807, 2.05) is 23.2 Å². The van der Waals surface area contributed by atoms with Gasteiger partial charge in [-0.2, -0.15) is 10.1 Å². The summed E-state index contributed by atoms with van der Waals surface area (Å²) >= 11 is 4.95. The predicted molar refractivity (Wildman–Crippen MR) is 119 cm³/mol. The summed E-state index contributed by atoms with van der Waals surface area (Å²) < 4.78 is 1.04. The summed E-state index contributed by atoms with van der Waals surface area (Å²) in [4.78, 5) is 15.9. The van der Waals surface area contributed by atoms with Crippen LogP contribution in [0.3, 0.4) is 0 Å². The van der Waals surface area contributed by atoms with Gasteiger partial charge in [-0.15, -0.1) is 0 Å². The summed E-state index contributed by atoms with van der Waals surface area (Å²) in [5.74, 6) is 0.295. The van der Waals surface area contributed by atoms with Crippen LogP contribution < -0.4 is 0 Å². The largest absolute Gasteiger partial charge is 0.272 e. The number of halogens is 1. The summed E-state index contributed by atoms with van der Waals surface area (Å²) in [5, 5.41) is 9.91. The average Bonchev–Trinajstić information content (AvgIpc) is 3.34. The van der Waals surface area contributed by atoms with Gasteiger partial charge in [0.25, 0.3) is 5.91 Å². The van der Waals surface area contributed by atoms with E-state index in [-0.39, 0.29) is 11.9 Å². The third-order valence-electron chi connectivity index (χ3n) is 4.99. The van der Waals surface area contributed by atoms with Crippen molar-refractivity contribution < 1.29 is 4.79 Å². The van der Waals surface area contributed by atoms with Gasteiger partial charge >= 0.3 is 0 Å². The lowest BCUT2D eigenvalue weighted by Gasteiger charge is -2.23. The third-order valence-corrected chi connectivity index (χ3v) is 6.44. The maximum absolute atomic E-state index is 11.7. The highest BCUT2D eigenvalue weighted by atomic mass is 79.9. The van der Waals surface area contributed by atoms with E-state index in [4.69, 9.17) is 5.10 Å². The van der Waals surface area contributed by atoms with E-state index in [0.717, 1.165) is 22.2 Å². The highest BCUT2D eigenvalue weighted by Crippen LogP contribution is 2.37. The molecule has 0 N–H and O–H groups in total. The van der Waals surface area contributed by atoms with Crippen molar-refractivity contribution in [3.8, 4) is 0 Å².